The van der Waals surface area contributed by atoms with Crippen LogP contribution >= 0.6 is 0 Å². The fraction of sp³-hybridized carbons (Fsp3) is 0.357. The average molecular weight is 230 g/mol. The summed E-state index contributed by atoms with van der Waals surface area (Å²) in [5.74, 6) is -0.0294. The Labute approximate surface area is 101 Å². The van der Waals surface area contributed by atoms with Gasteiger partial charge in [0, 0.05) is 17.4 Å². The van der Waals surface area contributed by atoms with Crippen LogP contribution in [0, 0.1) is 20.8 Å². The molecule has 0 aliphatic rings. The monoisotopic (exact) mass is 230 g/mol. The number of amides is 1. The SMILES string of the molecule is CCNC(=O)c1[nH]c2cc(C)cc(C)c2c1C. The van der Waals surface area contributed by atoms with E-state index in [1.807, 2.05) is 13.8 Å². The Kier molecular flexibility index (Phi) is 2.92. The summed E-state index contributed by atoms with van der Waals surface area (Å²) >= 11 is 0. The molecule has 0 atom stereocenters. The highest BCUT2D eigenvalue weighted by molar-refractivity contribution is 6.01. The second-order valence-electron chi connectivity index (χ2n) is 4.49. The fourth-order valence-corrected chi connectivity index (χ4v) is 2.39. The van der Waals surface area contributed by atoms with Crippen LogP contribution in [-0.2, 0) is 0 Å². The lowest BCUT2D eigenvalue weighted by Gasteiger charge is -2.01. The van der Waals surface area contributed by atoms with Crippen LogP contribution in [0.15, 0.2) is 12.1 Å². The Bertz CT molecular complexity index is 581. The zero-order valence-corrected chi connectivity index (χ0v) is 10.8. The Morgan fingerprint density at radius 1 is 1.29 bits per heavy atom. The van der Waals surface area contributed by atoms with Crippen molar-refractivity contribution < 1.29 is 4.79 Å². The van der Waals surface area contributed by atoms with Crippen molar-refractivity contribution in [3.05, 3.63) is 34.5 Å². The summed E-state index contributed by atoms with van der Waals surface area (Å²) in [5.41, 5.74) is 5.17. The van der Waals surface area contributed by atoms with Crippen LogP contribution in [0.4, 0.5) is 0 Å². The first-order chi connectivity index (χ1) is 8.04. The summed E-state index contributed by atoms with van der Waals surface area (Å²) < 4.78 is 0. The number of nitrogens with one attached hydrogen (secondary N) is 2. The van der Waals surface area contributed by atoms with Gasteiger partial charge < -0.3 is 10.3 Å². The molecule has 0 aliphatic heterocycles. The summed E-state index contributed by atoms with van der Waals surface area (Å²) in [5, 5.41) is 3.99. The molecule has 1 heterocycles. The van der Waals surface area contributed by atoms with E-state index in [0.717, 1.165) is 16.5 Å². The van der Waals surface area contributed by atoms with E-state index in [4.69, 9.17) is 0 Å². The van der Waals surface area contributed by atoms with E-state index >= 15 is 0 Å². The van der Waals surface area contributed by atoms with Crippen LogP contribution in [0.25, 0.3) is 10.9 Å². The Balaban J connectivity index is 2.64. The van der Waals surface area contributed by atoms with Gasteiger partial charge in [-0.05, 0) is 50.5 Å². The van der Waals surface area contributed by atoms with Gasteiger partial charge in [0.2, 0.25) is 0 Å². The van der Waals surface area contributed by atoms with E-state index in [-0.39, 0.29) is 5.91 Å². The van der Waals surface area contributed by atoms with Gasteiger partial charge in [-0.2, -0.15) is 0 Å². The molecule has 2 rings (SSSR count). The number of carbonyl (C=O) groups excluding carboxylic acids is 1. The molecule has 17 heavy (non-hydrogen) atoms. The number of rotatable bonds is 2. The van der Waals surface area contributed by atoms with E-state index in [1.54, 1.807) is 0 Å². The molecule has 0 saturated carbocycles. The van der Waals surface area contributed by atoms with Gasteiger partial charge in [0.25, 0.3) is 5.91 Å². The number of benzene rings is 1. The number of aryl methyl sites for hydroxylation is 3. The second kappa shape index (κ2) is 4.24. The molecule has 0 fully saturated rings. The molecule has 0 unspecified atom stereocenters. The molecule has 1 amide bonds. The molecular weight excluding hydrogens is 212 g/mol. The maximum Gasteiger partial charge on any atom is 0.267 e. The van der Waals surface area contributed by atoms with Crippen LogP contribution in [-0.4, -0.2) is 17.4 Å². The van der Waals surface area contributed by atoms with E-state index in [0.29, 0.717) is 12.2 Å². The first-order valence-corrected chi connectivity index (χ1v) is 5.92. The summed E-state index contributed by atoms with van der Waals surface area (Å²) in [6.45, 7) is 8.70. The lowest BCUT2D eigenvalue weighted by atomic mass is 10.0. The molecule has 2 aromatic rings. The van der Waals surface area contributed by atoms with Crippen LogP contribution in [0.2, 0.25) is 0 Å². The molecule has 1 aromatic carbocycles. The smallest absolute Gasteiger partial charge is 0.267 e. The van der Waals surface area contributed by atoms with Gasteiger partial charge in [-0.3, -0.25) is 4.79 Å². The van der Waals surface area contributed by atoms with E-state index < -0.39 is 0 Å². The minimum Gasteiger partial charge on any atom is -0.351 e. The fourth-order valence-electron chi connectivity index (χ4n) is 2.39. The van der Waals surface area contributed by atoms with Gasteiger partial charge in [0.1, 0.15) is 5.69 Å². The summed E-state index contributed by atoms with van der Waals surface area (Å²) in [6.07, 6.45) is 0. The topological polar surface area (TPSA) is 44.9 Å². The number of fused-ring (bicyclic) bond motifs is 1. The molecule has 2 N–H and O–H groups in total. The largest absolute Gasteiger partial charge is 0.351 e. The summed E-state index contributed by atoms with van der Waals surface area (Å²) in [4.78, 5) is 15.1. The molecule has 0 saturated heterocycles. The van der Waals surface area contributed by atoms with Crippen LogP contribution < -0.4 is 5.32 Å². The molecule has 0 aliphatic carbocycles. The first-order valence-electron chi connectivity index (χ1n) is 5.92. The zero-order chi connectivity index (χ0) is 12.6. The molecule has 3 nitrogen and oxygen atoms in total. The van der Waals surface area contributed by atoms with Gasteiger partial charge in [0.15, 0.2) is 0 Å². The van der Waals surface area contributed by atoms with Crippen LogP contribution in [0.3, 0.4) is 0 Å². The van der Waals surface area contributed by atoms with Gasteiger partial charge >= 0.3 is 0 Å². The average Bonchev–Trinajstić information content (AvgIpc) is 2.56. The third kappa shape index (κ3) is 1.93. The van der Waals surface area contributed by atoms with Gasteiger partial charge in [-0.25, -0.2) is 0 Å². The van der Waals surface area contributed by atoms with Crippen molar-refractivity contribution in [3.8, 4) is 0 Å². The van der Waals surface area contributed by atoms with Crippen molar-refractivity contribution in [1.82, 2.24) is 10.3 Å². The van der Waals surface area contributed by atoms with Crippen molar-refractivity contribution >= 4 is 16.8 Å². The predicted molar refractivity (Wildman–Crippen MR) is 70.5 cm³/mol. The Morgan fingerprint density at radius 3 is 2.65 bits per heavy atom. The molecule has 0 radical (unpaired) electrons. The lowest BCUT2D eigenvalue weighted by molar-refractivity contribution is 0.0951. The number of aromatic amines is 1. The Hall–Kier alpha value is -1.77. The van der Waals surface area contributed by atoms with E-state index in [1.165, 1.54) is 11.1 Å². The van der Waals surface area contributed by atoms with Crippen molar-refractivity contribution in [1.29, 1.82) is 0 Å². The van der Waals surface area contributed by atoms with E-state index in [2.05, 4.69) is 36.3 Å². The van der Waals surface area contributed by atoms with Crippen molar-refractivity contribution in [2.45, 2.75) is 27.7 Å². The first kappa shape index (κ1) is 11.7. The number of aromatic nitrogens is 1. The molecular formula is C14H18N2O. The molecule has 3 heteroatoms. The van der Waals surface area contributed by atoms with Crippen LogP contribution in [0.1, 0.15) is 34.1 Å². The highest BCUT2D eigenvalue weighted by Gasteiger charge is 2.15. The van der Waals surface area contributed by atoms with Gasteiger partial charge in [-0.15, -0.1) is 0 Å². The third-order valence-corrected chi connectivity index (χ3v) is 3.05. The normalized spacial score (nSPS) is 10.8. The number of carbonyl (C=O) groups is 1. The minimum atomic E-state index is -0.0294. The highest BCUT2D eigenvalue weighted by Crippen LogP contribution is 2.26. The van der Waals surface area contributed by atoms with Crippen molar-refractivity contribution in [3.63, 3.8) is 0 Å². The summed E-state index contributed by atoms with van der Waals surface area (Å²) in [7, 11) is 0. The minimum absolute atomic E-state index is 0.0294. The standard InChI is InChI=1S/C14H18N2O/c1-5-15-14(17)13-10(4)12-9(3)6-8(2)7-11(12)16-13/h6-7,16H,5H2,1-4H3,(H,15,17). The maximum absolute atomic E-state index is 11.9. The molecule has 0 spiro atoms. The number of H-pyrrole nitrogens is 1. The van der Waals surface area contributed by atoms with Crippen molar-refractivity contribution in [2.24, 2.45) is 0 Å². The zero-order valence-electron chi connectivity index (χ0n) is 10.8. The third-order valence-electron chi connectivity index (χ3n) is 3.05. The maximum atomic E-state index is 11.9. The van der Waals surface area contributed by atoms with Gasteiger partial charge in [-0.1, -0.05) is 6.07 Å². The number of hydrogen-bond donors (Lipinski definition) is 2. The molecule has 0 bridgehead atoms. The second-order valence-corrected chi connectivity index (χ2v) is 4.49. The van der Waals surface area contributed by atoms with Crippen molar-refractivity contribution in [2.75, 3.05) is 6.54 Å². The lowest BCUT2D eigenvalue weighted by Crippen LogP contribution is -2.23. The number of hydrogen-bond acceptors (Lipinski definition) is 1. The Morgan fingerprint density at radius 2 is 2.00 bits per heavy atom. The van der Waals surface area contributed by atoms with Gasteiger partial charge in [0.05, 0.1) is 0 Å². The van der Waals surface area contributed by atoms with Crippen LogP contribution in [0.5, 0.6) is 0 Å². The highest BCUT2D eigenvalue weighted by atomic mass is 16.1. The molecule has 90 valence electrons. The predicted octanol–water partition coefficient (Wildman–Crippen LogP) is 2.84. The summed E-state index contributed by atoms with van der Waals surface area (Å²) in [6, 6.07) is 4.22. The molecule has 1 aromatic heterocycles. The quantitative estimate of drug-likeness (QED) is 0.818. The van der Waals surface area contributed by atoms with E-state index in [9.17, 15) is 4.79 Å².